The highest BCUT2D eigenvalue weighted by Crippen LogP contribution is 2.22. The van der Waals surface area contributed by atoms with Crippen LogP contribution in [0, 0.1) is 6.92 Å². The Labute approximate surface area is 168 Å². The summed E-state index contributed by atoms with van der Waals surface area (Å²) in [4.78, 5) is 30.6. The predicted molar refractivity (Wildman–Crippen MR) is 110 cm³/mol. The molecule has 0 aliphatic carbocycles. The van der Waals surface area contributed by atoms with Gasteiger partial charge in [-0.3, -0.25) is 9.59 Å². The lowest BCUT2D eigenvalue weighted by Gasteiger charge is -2.07. The average molecular weight is 412 g/mol. The molecule has 4 aromatic rings. The zero-order chi connectivity index (χ0) is 19.5. The maximum absolute atomic E-state index is 12.5. The van der Waals surface area contributed by atoms with E-state index in [9.17, 15) is 9.59 Å². The summed E-state index contributed by atoms with van der Waals surface area (Å²) in [6.45, 7) is 2.41. The number of rotatable bonds is 6. The second-order valence-electron chi connectivity index (χ2n) is 6.01. The van der Waals surface area contributed by atoms with Crippen LogP contribution < -0.4 is 10.9 Å². The Hall–Kier alpha value is -3.04. The zero-order valence-electron chi connectivity index (χ0n) is 15.0. The average Bonchev–Trinajstić information content (AvgIpc) is 3.44. The molecule has 4 aromatic heterocycles. The van der Waals surface area contributed by atoms with Crippen LogP contribution in [0.25, 0.3) is 15.7 Å². The van der Waals surface area contributed by atoms with Gasteiger partial charge in [0.2, 0.25) is 0 Å². The van der Waals surface area contributed by atoms with Gasteiger partial charge in [0.15, 0.2) is 5.13 Å². The predicted octanol–water partition coefficient (Wildman–Crippen LogP) is 2.96. The molecule has 0 saturated carbocycles. The molecule has 0 unspecified atom stereocenters. The third-order valence-corrected chi connectivity index (χ3v) is 6.13. The summed E-state index contributed by atoms with van der Waals surface area (Å²) in [5.74, 6) is -0.198. The third-order valence-electron chi connectivity index (χ3n) is 4.07. The Bertz CT molecular complexity index is 1140. The summed E-state index contributed by atoms with van der Waals surface area (Å²) in [5.41, 5.74) is 1.23. The number of thiazole rings is 1. The number of carbonyl (C=O) groups excluding carboxylic acids is 1. The molecule has 0 aliphatic heterocycles. The van der Waals surface area contributed by atoms with Crippen molar-refractivity contribution >= 4 is 28.6 Å². The lowest BCUT2D eigenvalue weighted by atomic mass is 10.3. The first-order valence-corrected chi connectivity index (χ1v) is 10.3. The molecule has 0 radical (unpaired) electrons. The minimum atomic E-state index is -0.198. The minimum absolute atomic E-state index is 0.196. The number of amides is 1. The molecule has 1 N–H and O–H groups in total. The molecular weight excluding hydrogens is 394 g/mol. The number of hydrogen-bond acceptors (Lipinski definition) is 6. The van der Waals surface area contributed by atoms with Crippen molar-refractivity contribution in [3.63, 3.8) is 0 Å². The number of thiophene rings is 1. The van der Waals surface area contributed by atoms with Crippen LogP contribution >= 0.6 is 22.7 Å². The molecule has 4 rings (SSSR count). The fourth-order valence-corrected chi connectivity index (χ4v) is 4.33. The van der Waals surface area contributed by atoms with E-state index < -0.39 is 0 Å². The van der Waals surface area contributed by atoms with Crippen LogP contribution in [-0.2, 0) is 6.54 Å². The standard InChI is InChI=1S/C19H17N5O2S2/c1-13-17(28-19(21-13)23-9-2-3-10-23)18(26)20-8-11-24-16(25)7-6-14(22-24)15-5-4-12-27-15/h2-7,9-10,12H,8,11H2,1H3,(H,20,26). The van der Waals surface area contributed by atoms with E-state index in [1.54, 1.807) is 17.4 Å². The quantitative estimate of drug-likeness (QED) is 0.529. The van der Waals surface area contributed by atoms with Gasteiger partial charge in [-0.2, -0.15) is 5.10 Å². The summed E-state index contributed by atoms with van der Waals surface area (Å²) in [6, 6.07) is 10.9. The molecule has 0 saturated heterocycles. The van der Waals surface area contributed by atoms with Crippen LogP contribution in [0.15, 0.2) is 59.0 Å². The van der Waals surface area contributed by atoms with E-state index in [2.05, 4.69) is 15.4 Å². The van der Waals surface area contributed by atoms with E-state index in [4.69, 9.17) is 0 Å². The Morgan fingerprint density at radius 2 is 2.00 bits per heavy atom. The van der Waals surface area contributed by atoms with Crippen LogP contribution in [0.5, 0.6) is 0 Å². The fourth-order valence-electron chi connectivity index (χ4n) is 2.69. The maximum atomic E-state index is 12.5. The fraction of sp³-hybridized carbons (Fsp3) is 0.158. The molecular formula is C19H17N5O2S2. The van der Waals surface area contributed by atoms with Crippen molar-refractivity contribution < 1.29 is 4.79 Å². The topological polar surface area (TPSA) is 81.8 Å². The Balaban J connectivity index is 1.42. The summed E-state index contributed by atoms with van der Waals surface area (Å²) in [7, 11) is 0. The number of carbonyl (C=O) groups is 1. The van der Waals surface area contributed by atoms with Gasteiger partial charge >= 0.3 is 0 Å². The molecule has 9 heteroatoms. The first-order chi connectivity index (χ1) is 13.6. The molecule has 0 atom stereocenters. The minimum Gasteiger partial charge on any atom is -0.349 e. The van der Waals surface area contributed by atoms with E-state index in [-0.39, 0.29) is 11.5 Å². The van der Waals surface area contributed by atoms with Crippen molar-refractivity contribution in [3.05, 3.63) is 75.1 Å². The second kappa shape index (κ2) is 7.91. The van der Waals surface area contributed by atoms with Crippen LogP contribution in [0.1, 0.15) is 15.4 Å². The number of aryl methyl sites for hydroxylation is 1. The molecule has 7 nitrogen and oxygen atoms in total. The van der Waals surface area contributed by atoms with Gasteiger partial charge in [0.05, 0.1) is 17.1 Å². The highest BCUT2D eigenvalue weighted by molar-refractivity contribution is 7.16. The number of nitrogens with one attached hydrogen (secondary N) is 1. The van der Waals surface area contributed by atoms with E-state index in [0.717, 1.165) is 15.7 Å². The highest BCUT2D eigenvalue weighted by atomic mass is 32.1. The zero-order valence-corrected chi connectivity index (χ0v) is 16.7. The SMILES string of the molecule is Cc1nc(-n2cccc2)sc1C(=O)NCCn1nc(-c2cccs2)ccc1=O. The van der Waals surface area contributed by atoms with Crippen LogP contribution in [0.3, 0.4) is 0 Å². The largest absolute Gasteiger partial charge is 0.349 e. The summed E-state index contributed by atoms with van der Waals surface area (Å²) in [6.07, 6.45) is 3.78. The van der Waals surface area contributed by atoms with Gasteiger partial charge in [0, 0.05) is 25.0 Å². The molecule has 4 heterocycles. The van der Waals surface area contributed by atoms with Crippen molar-refractivity contribution in [1.29, 1.82) is 0 Å². The highest BCUT2D eigenvalue weighted by Gasteiger charge is 2.15. The van der Waals surface area contributed by atoms with Crippen molar-refractivity contribution in [3.8, 4) is 15.7 Å². The van der Waals surface area contributed by atoms with Crippen molar-refractivity contribution in [2.45, 2.75) is 13.5 Å². The molecule has 0 spiro atoms. The molecule has 1 amide bonds. The molecule has 0 bridgehead atoms. The number of hydrogen-bond donors (Lipinski definition) is 1. The summed E-state index contributed by atoms with van der Waals surface area (Å²) in [5, 5.41) is 9.95. The van der Waals surface area contributed by atoms with Gasteiger partial charge in [0.1, 0.15) is 10.6 Å². The normalized spacial score (nSPS) is 10.9. The molecule has 28 heavy (non-hydrogen) atoms. The second-order valence-corrected chi connectivity index (χ2v) is 7.94. The Morgan fingerprint density at radius 1 is 1.18 bits per heavy atom. The van der Waals surface area contributed by atoms with Crippen LogP contribution in [0.2, 0.25) is 0 Å². The maximum Gasteiger partial charge on any atom is 0.266 e. The van der Waals surface area contributed by atoms with Gasteiger partial charge in [-0.1, -0.05) is 17.4 Å². The smallest absolute Gasteiger partial charge is 0.266 e. The van der Waals surface area contributed by atoms with Crippen LogP contribution in [0.4, 0.5) is 0 Å². The van der Waals surface area contributed by atoms with Crippen LogP contribution in [-0.4, -0.2) is 31.8 Å². The molecule has 0 aromatic carbocycles. The summed E-state index contributed by atoms with van der Waals surface area (Å²) < 4.78 is 3.24. The van der Waals surface area contributed by atoms with E-state index >= 15 is 0 Å². The number of aromatic nitrogens is 4. The summed E-state index contributed by atoms with van der Waals surface area (Å²) >= 11 is 2.90. The van der Waals surface area contributed by atoms with Crippen molar-refractivity contribution in [2.24, 2.45) is 0 Å². The van der Waals surface area contributed by atoms with Crippen molar-refractivity contribution in [2.75, 3.05) is 6.54 Å². The Morgan fingerprint density at radius 3 is 2.75 bits per heavy atom. The lowest BCUT2D eigenvalue weighted by Crippen LogP contribution is -2.31. The molecule has 0 fully saturated rings. The van der Waals surface area contributed by atoms with Gasteiger partial charge in [-0.25, -0.2) is 9.67 Å². The van der Waals surface area contributed by atoms with E-state index in [0.29, 0.717) is 23.7 Å². The van der Waals surface area contributed by atoms with E-state index in [1.807, 2.05) is 53.5 Å². The molecule has 0 aliphatic rings. The van der Waals surface area contributed by atoms with Gasteiger partial charge in [-0.15, -0.1) is 11.3 Å². The number of nitrogens with zero attached hydrogens (tertiary/aromatic N) is 4. The Kier molecular flexibility index (Phi) is 5.18. The molecule has 142 valence electrons. The first-order valence-electron chi connectivity index (χ1n) is 8.63. The van der Waals surface area contributed by atoms with Gasteiger partial charge < -0.3 is 9.88 Å². The van der Waals surface area contributed by atoms with Crippen molar-refractivity contribution in [1.82, 2.24) is 24.6 Å². The first kappa shape index (κ1) is 18.3. The van der Waals surface area contributed by atoms with Gasteiger partial charge in [0.25, 0.3) is 11.5 Å². The third kappa shape index (κ3) is 3.80. The monoisotopic (exact) mass is 411 g/mol. The lowest BCUT2D eigenvalue weighted by molar-refractivity contribution is 0.0955. The van der Waals surface area contributed by atoms with Gasteiger partial charge in [-0.05, 0) is 36.6 Å². The van der Waals surface area contributed by atoms with E-state index in [1.165, 1.54) is 22.1 Å².